The van der Waals surface area contributed by atoms with Crippen molar-refractivity contribution < 1.29 is 14.3 Å². The molecule has 0 aliphatic carbocycles. The van der Waals surface area contributed by atoms with Crippen LogP contribution in [0.4, 0.5) is 0 Å². The zero-order valence-corrected chi connectivity index (χ0v) is 13.3. The standard InChI is InChI=1S/C15H19ClN2O3/c1-9-13(19)17-15(2,3)14(20)18(9)8-10-11(16)6-5-7-12(10)21-4/h5-7,9H,8H2,1-4H3,(H,17,19). The molecule has 1 saturated heterocycles. The second kappa shape index (κ2) is 5.56. The van der Waals surface area contributed by atoms with Gasteiger partial charge in [0.25, 0.3) is 0 Å². The first kappa shape index (κ1) is 15.6. The van der Waals surface area contributed by atoms with Gasteiger partial charge in [0, 0.05) is 10.6 Å². The van der Waals surface area contributed by atoms with E-state index >= 15 is 0 Å². The summed E-state index contributed by atoms with van der Waals surface area (Å²) in [7, 11) is 1.55. The average molecular weight is 311 g/mol. The third-order valence-electron chi connectivity index (χ3n) is 3.70. The number of piperazine rings is 1. The average Bonchev–Trinajstić information content (AvgIpc) is 2.42. The van der Waals surface area contributed by atoms with Crippen molar-refractivity contribution in [2.45, 2.75) is 38.9 Å². The number of halogens is 1. The van der Waals surface area contributed by atoms with E-state index < -0.39 is 11.6 Å². The lowest BCUT2D eigenvalue weighted by molar-refractivity contribution is -0.153. The van der Waals surface area contributed by atoms with Crippen LogP contribution >= 0.6 is 11.6 Å². The Morgan fingerprint density at radius 3 is 2.67 bits per heavy atom. The Morgan fingerprint density at radius 1 is 1.38 bits per heavy atom. The number of carbonyl (C=O) groups excluding carboxylic acids is 2. The van der Waals surface area contributed by atoms with Crippen LogP contribution in [0.1, 0.15) is 26.3 Å². The fourth-order valence-electron chi connectivity index (χ4n) is 2.40. The van der Waals surface area contributed by atoms with Gasteiger partial charge in [-0.15, -0.1) is 0 Å². The van der Waals surface area contributed by atoms with E-state index in [1.807, 2.05) is 0 Å². The van der Waals surface area contributed by atoms with Gasteiger partial charge in [-0.05, 0) is 32.9 Å². The maximum atomic E-state index is 12.5. The van der Waals surface area contributed by atoms with Gasteiger partial charge in [0.2, 0.25) is 11.8 Å². The molecular weight excluding hydrogens is 292 g/mol. The molecular formula is C15H19ClN2O3. The second-order valence-electron chi connectivity index (χ2n) is 5.64. The minimum atomic E-state index is -0.919. The number of methoxy groups -OCH3 is 1. The largest absolute Gasteiger partial charge is 0.496 e. The van der Waals surface area contributed by atoms with E-state index in [1.165, 1.54) is 4.90 Å². The van der Waals surface area contributed by atoms with Crippen LogP contribution in [0, 0.1) is 0 Å². The van der Waals surface area contributed by atoms with Crippen LogP contribution in [0.2, 0.25) is 5.02 Å². The maximum absolute atomic E-state index is 12.5. The van der Waals surface area contributed by atoms with Gasteiger partial charge < -0.3 is 15.0 Å². The molecule has 114 valence electrons. The van der Waals surface area contributed by atoms with Crippen LogP contribution in [0.25, 0.3) is 0 Å². The number of hydrogen-bond donors (Lipinski definition) is 1. The number of ether oxygens (including phenoxy) is 1. The van der Waals surface area contributed by atoms with E-state index in [1.54, 1.807) is 46.1 Å². The maximum Gasteiger partial charge on any atom is 0.248 e. The van der Waals surface area contributed by atoms with Crippen LogP contribution in [0.15, 0.2) is 18.2 Å². The third kappa shape index (κ3) is 2.83. The minimum Gasteiger partial charge on any atom is -0.496 e. The fraction of sp³-hybridized carbons (Fsp3) is 0.467. The Hall–Kier alpha value is -1.75. The van der Waals surface area contributed by atoms with E-state index in [4.69, 9.17) is 16.3 Å². The highest BCUT2D eigenvalue weighted by atomic mass is 35.5. The summed E-state index contributed by atoms with van der Waals surface area (Å²) < 4.78 is 5.29. The highest BCUT2D eigenvalue weighted by Crippen LogP contribution is 2.30. The minimum absolute atomic E-state index is 0.142. The summed E-state index contributed by atoms with van der Waals surface area (Å²) in [5.74, 6) is 0.286. The lowest BCUT2D eigenvalue weighted by Crippen LogP contribution is -2.66. The predicted octanol–water partition coefficient (Wildman–Crippen LogP) is 1.97. The van der Waals surface area contributed by atoms with E-state index in [9.17, 15) is 9.59 Å². The SMILES string of the molecule is COc1cccc(Cl)c1CN1C(=O)C(C)(C)NC(=O)C1C. The molecule has 0 bridgehead atoms. The van der Waals surface area contributed by atoms with E-state index in [0.29, 0.717) is 16.3 Å². The van der Waals surface area contributed by atoms with Gasteiger partial charge in [-0.2, -0.15) is 0 Å². The summed E-state index contributed by atoms with van der Waals surface area (Å²) in [6.45, 7) is 5.32. The van der Waals surface area contributed by atoms with Crippen LogP contribution < -0.4 is 10.1 Å². The smallest absolute Gasteiger partial charge is 0.248 e. The molecule has 1 N–H and O–H groups in total. The molecule has 2 amide bonds. The number of benzene rings is 1. The first-order valence-electron chi connectivity index (χ1n) is 6.72. The fourth-order valence-corrected chi connectivity index (χ4v) is 2.63. The molecule has 1 atom stereocenters. The van der Waals surface area contributed by atoms with Crippen molar-refractivity contribution in [3.63, 3.8) is 0 Å². The number of nitrogens with zero attached hydrogens (tertiary/aromatic N) is 1. The van der Waals surface area contributed by atoms with Gasteiger partial charge in [0.1, 0.15) is 17.3 Å². The highest BCUT2D eigenvalue weighted by Gasteiger charge is 2.43. The Bertz CT molecular complexity index is 586. The molecule has 1 aromatic rings. The third-order valence-corrected chi connectivity index (χ3v) is 4.06. The summed E-state index contributed by atoms with van der Waals surface area (Å²) in [5, 5.41) is 3.23. The number of nitrogens with one attached hydrogen (secondary N) is 1. The normalized spacial score (nSPS) is 21.2. The number of amides is 2. The Balaban J connectivity index is 2.37. The molecule has 1 aliphatic heterocycles. The van der Waals surface area contributed by atoms with Crippen LogP contribution in [0.3, 0.4) is 0 Å². The Labute approximate surface area is 129 Å². The van der Waals surface area contributed by atoms with Gasteiger partial charge in [0.15, 0.2) is 0 Å². The zero-order chi connectivity index (χ0) is 15.8. The molecule has 1 fully saturated rings. The number of rotatable bonds is 3. The second-order valence-corrected chi connectivity index (χ2v) is 6.05. The Morgan fingerprint density at radius 2 is 2.05 bits per heavy atom. The quantitative estimate of drug-likeness (QED) is 0.928. The first-order valence-corrected chi connectivity index (χ1v) is 7.10. The van der Waals surface area contributed by atoms with Gasteiger partial charge in [-0.3, -0.25) is 9.59 Å². The first-order chi connectivity index (χ1) is 9.77. The van der Waals surface area contributed by atoms with Crippen LogP contribution in [-0.2, 0) is 16.1 Å². The van der Waals surface area contributed by atoms with Gasteiger partial charge >= 0.3 is 0 Å². The van der Waals surface area contributed by atoms with Crippen molar-refractivity contribution in [1.29, 1.82) is 0 Å². The summed E-state index contributed by atoms with van der Waals surface area (Å²) in [6.07, 6.45) is 0. The van der Waals surface area contributed by atoms with Crippen LogP contribution in [-0.4, -0.2) is 35.4 Å². The Kier molecular flexibility index (Phi) is 4.14. The molecule has 0 aromatic heterocycles. The summed E-state index contributed by atoms with van der Waals surface area (Å²) in [6, 6.07) is 4.75. The van der Waals surface area contributed by atoms with Crippen molar-refractivity contribution in [2.24, 2.45) is 0 Å². The molecule has 0 spiro atoms. The van der Waals surface area contributed by atoms with Gasteiger partial charge in [-0.25, -0.2) is 0 Å². The van der Waals surface area contributed by atoms with Gasteiger partial charge in [-0.1, -0.05) is 17.7 Å². The summed E-state index contributed by atoms with van der Waals surface area (Å²) in [5.41, 5.74) is -0.217. The zero-order valence-electron chi connectivity index (χ0n) is 12.6. The molecule has 21 heavy (non-hydrogen) atoms. The molecule has 1 aliphatic rings. The highest BCUT2D eigenvalue weighted by molar-refractivity contribution is 6.31. The number of carbonyl (C=O) groups is 2. The molecule has 6 heteroatoms. The molecule has 1 heterocycles. The number of hydrogen-bond acceptors (Lipinski definition) is 3. The van der Waals surface area contributed by atoms with Crippen molar-refractivity contribution >= 4 is 23.4 Å². The lowest BCUT2D eigenvalue weighted by atomic mass is 9.96. The van der Waals surface area contributed by atoms with Crippen molar-refractivity contribution in [2.75, 3.05) is 7.11 Å². The molecule has 1 unspecified atom stereocenters. The predicted molar refractivity (Wildman–Crippen MR) is 80.2 cm³/mol. The van der Waals surface area contributed by atoms with Gasteiger partial charge in [0.05, 0.1) is 13.7 Å². The van der Waals surface area contributed by atoms with Crippen molar-refractivity contribution in [3.8, 4) is 5.75 Å². The molecule has 0 radical (unpaired) electrons. The molecule has 0 saturated carbocycles. The molecule has 2 rings (SSSR count). The monoisotopic (exact) mass is 310 g/mol. The van der Waals surface area contributed by atoms with Crippen molar-refractivity contribution in [3.05, 3.63) is 28.8 Å². The lowest BCUT2D eigenvalue weighted by Gasteiger charge is -2.41. The van der Waals surface area contributed by atoms with Crippen molar-refractivity contribution in [1.82, 2.24) is 10.2 Å². The van der Waals surface area contributed by atoms with E-state index in [2.05, 4.69) is 5.32 Å². The summed E-state index contributed by atoms with van der Waals surface area (Å²) in [4.78, 5) is 26.1. The van der Waals surface area contributed by atoms with Crippen LogP contribution in [0.5, 0.6) is 5.75 Å². The molecule has 5 nitrogen and oxygen atoms in total. The summed E-state index contributed by atoms with van der Waals surface area (Å²) >= 11 is 6.21. The van der Waals surface area contributed by atoms with E-state index in [-0.39, 0.29) is 18.4 Å². The molecule has 1 aromatic carbocycles. The topological polar surface area (TPSA) is 58.6 Å². The van der Waals surface area contributed by atoms with E-state index in [0.717, 1.165) is 0 Å².